The maximum atomic E-state index is 10.2. The molecule has 0 aliphatic carbocycles. The summed E-state index contributed by atoms with van der Waals surface area (Å²) in [6, 6.07) is -0.699. The molecule has 0 amide bonds. The maximum Gasteiger partial charge on any atom is 2.00 e. The first-order chi connectivity index (χ1) is 6.09. The van der Waals surface area contributed by atoms with Gasteiger partial charge in [-0.05, 0) is 5.92 Å². The Morgan fingerprint density at radius 1 is 1.53 bits per heavy atom. The molecule has 0 aliphatic heterocycles. The van der Waals surface area contributed by atoms with E-state index in [1.54, 1.807) is 0 Å². The van der Waals surface area contributed by atoms with Gasteiger partial charge in [0.15, 0.2) is 0 Å². The summed E-state index contributed by atoms with van der Waals surface area (Å²) in [4.78, 5) is 34.5. The molecule has 2 atom stereocenters. The van der Waals surface area contributed by atoms with Gasteiger partial charge in [0.25, 0.3) is 0 Å². The minimum absolute atomic E-state index is 0. The average molecular weight is 251 g/mol. The van der Waals surface area contributed by atoms with Crippen molar-refractivity contribution in [2.24, 2.45) is 11.7 Å². The SMILES string of the molecule is CCC(C)C(N)C(=O)O.O=P([O-])([O-])O.[Mg+2]. The van der Waals surface area contributed by atoms with Gasteiger partial charge in [-0.3, -0.25) is 4.79 Å². The fourth-order valence-electron chi connectivity index (χ4n) is 0.497. The Labute approximate surface area is 104 Å². The van der Waals surface area contributed by atoms with E-state index >= 15 is 0 Å². The van der Waals surface area contributed by atoms with Gasteiger partial charge in [-0.1, -0.05) is 20.3 Å². The molecular weight excluding hydrogens is 237 g/mol. The van der Waals surface area contributed by atoms with Crippen molar-refractivity contribution >= 4 is 36.8 Å². The van der Waals surface area contributed by atoms with Crippen LogP contribution in [0.15, 0.2) is 0 Å². The van der Waals surface area contributed by atoms with Crippen molar-refractivity contribution in [1.82, 2.24) is 0 Å². The van der Waals surface area contributed by atoms with Crippen molar-refractivity contribution in [3.63, 3.8) is 0 Å². The zero-order chi connectivity index (χ0) is 11.9. The van der Waals surface area contributed by atoms with E-state index in [4.69, 9.17) is 30.1 Å². The van der Waals surface area contributed by atoms with Crippen molar-refractivity contribution in [3.8, 4) is 0 Å². The number of hydrogen-bond acceptors (Lipinski definition) is 5. The molecule has 86 valence electrons. The summed E-state index contributed by atoms with van der Waals surface area (Å²) in [5.74, 6) is -0.841. The summed E-state index contributed by atoms with van der Waals surface area (Å²) >= 11 is 0. The van der Waals surface area contributed by atoms with Crippen molar-refractivity contribution in [1.29, 1.82) is 0 Å². The largest absolute Gasteiger partial charge is 2.00 e. The van der Waals surface area contributed by atoms with Crippen LogP contribution < -0.4 is 15.5 Å². The Kier molecular flexibility index (Phi) is 13.1. The predicted molar refractivity (Wildman–Crippen MR) is 50.6 cm³/mol. The number of aliphatic carboxylic acids is 1. The van der Waals surface area contributed by atoms with Crippen molar-refractivity contribution in [2.45, 2.75) is 26.3 Å². The fraction of sp³-hybridized carbons (Fsp3) is 0.833. The molecule has 4 N–H and O–H groups in total. The van der Waals surface area contributed by atoms with E-state index in [2.05, 4.69) is 0 Å². The third kappa shape index (κ3) is 20.4. The van der Waals surface area contributed by atoms with Crippen LogP contribution in [0.4, 0.5) is 0 Å². The van der Waals surface area contributed by atoms with E-state index in [1.807, 2.05) is 13.8 Å². The van der Waals surface area contributed by atoms with Crippen LogP contribution in [0.5, 0.6) is 0 Å². The fourth-order valence-corrected chi connectivity index (χ4v) is 0.497. The Morgan fingerprint density at radius 3 is 1.87 bits per heavy atom. The molecule has 0 rings (SSSR count). The Bertz CT molecular complexity index is 211. The molecule has 15 heavy (non-hydrogen) atoms. The van der Waals surface area contributed by atoms with E-state index in [0.29, 0.717) is 0 Å². The van der Waals surface area contributed by atoms with Crippen LogP contribution in [-0.4, -0.2) is 45.1 Å². The van der Waals surface area contributed by atoms with Crippen molar-refractivity contribution in [3.05, 3.63) is 0 Å². The molecule has 0 saturated heterocycles. The van der Waals surface area contributed by atoms with Gasteiger partial charge < -0.3 is 30.1 Å². The molecule has 0 aliphatic rings. The van der Waals surface area contributed by atoms with Crippen LogP contribution in [0.25, 0.3) is 0 Å². The minimum atomic E-state index is -5.14. The number of rotatable bonds is 3. The van der Waals surface area contributed by atoms with Crippen LogP contribution in [-0.2, 0) is 9.36 Å². The van der Waals surface area contributed by atoms with E-state index < -0.39 is 19.8 Å². The van der Waals surface area contributed by atoms with Gasteiger partial charge in [-0.2, -0.15) is 0 Å². The second-order valence-electron chi connectivity index (χ2n) is 2.72. The van der Waals surface area contributed by atoms with Crippen LogP contribution >= 0.6 is 7.82 Å². The smallest absolute Gasteiger partial charge is 0.790 e. The number of hydrogen-bond donors (Lipinski definition) is 3. The third-order valence-electron chi connectivity index (χ3n) is 1.54. The van der Waals surface area contributed by atoms with Gasteiger partial charge >= 0.3 is 29.0 Å². The molecular formula is C6H14MgNO6P. The number of phosphoric acid groups is 1. The monoisotopic (exact) mass is 251 g/mol. The first-order valence-electron chi connectivity index (χ1n) is 3.82. The van der Waals surface area contributed by atoms with E-state index in [-0.39, 0.29) is 29.0 Å². The van der Waals surface area contributed by atoms with Gasteiger partial charge in [0.1, 0.15) is 6.04 Å². The summed E-state index contributed by atoms with van der Waals surface area (Å²) in [6.07, 6.45) is 0.813. The summed E-state index contributed by atoms with van der Waals surface area (Å²) in [7, 11) is -5.14. The Hall–Kier alpha value is 0.306. The molecule has 0 aromatic carbocycles. The normalized spacial score (nSPS) is 14.0. The summed E-state index contributed by atoms with van der Waals surface area (Å²) < 4.78 is 8.66. The number of nitrogens with two attached hydrogens (primary N) is 1. The van der Waals surface area contributed by atoms with Crippen molar-refractivity contribution in [2.75, 3.05) is 0 Å². The number of carboxylic acid groups (broad SMARTS) is 1. The molecule has 0 fully saturated rings. The van der Waals surface area contributed by atoms with E-state index in [1.165, 1.54) is 0 Å². The van der Waals surface area contributed by atoms with Gasteiger partial charge in [0, 0.05) is 0 Å². The molecule has 7 nitrogen and oxygen atoms in total. The van der Waals surface area contributed by atoms with Crippen molar-refractivity contribution < 1.29 is 29.1 Å². The number of carbonyl (C=O) groups is 1. The molecule has 0 spiro atoms. The molecule has 9 heteroatoms. The number of carboxylic acids is 1. The molecule has 0 heterocycles. The predicted octanol–water partition coefficient (Wildman–Crippen LogP) is -2.13. The van der Waals surface area contributed by atoms with E-state index in [9.17, 15) is 4.79 Å². The molecule has 0 aromatic heterocycles. The Morgan fingerprint density at radius 2 is 1.80 bits per heavy atom. The summed E-state index contributed by atoms with van der Waals surface area (Å²) in [6.45, 7) is 3.76. The molecule has 0 bridgehead atoms. The van der Waals surface area contributed by atoms with Gasteiger partial charge in [0.2, 0.25) is 0 Å². The zero-order valence-corrected chi connectivity index (χ0v) is 10.9. The third-order valence-corrected chi connectivity index (χ3v) is 1.54. The van der Waals surface area contributed by atoms with Crippen LogP contribution in [0, 0.1) is 5.92 Å². The molecule has 0 saturated carbocycles. The summed E-state index contributed by atoms with van der Waals surface area (Å²) in [5, 5.41) is 8.36. The van der Waals surface area contributed by atoms with Crippen LogP contribution in [0.3, 0.4) is 0 Å². The molecule has 2 unspecified atom stereocenters. The van der Waals surface area contributed by atoms with Crippen LogP contribution in [0.2, 0.25) is 0 Å². The minimum Gasteiger partial charge on any atom is -0.790 e. The Balaban J connectivity index is -0.000000208. The first kappa shape index (κ1) is 20.7. The average Bonchev–Trinajstić information content (AvgIpc) is 1.98. The van der Waals surface area contributed by atoms with E-state index in [0.717, 1.165) is 6.42 Å². The quantitative estimate of drug-likeness (QED) is 0.383. The van der Waals surface area contributed by atoms with Gasteiger partial charge in [-0.25, -0.2) is 0 Å². The van der Waals surface area contributed by atoms with Crippen LogP contribution in [0.1, 0.15) is 20.3 Å². The zero-order valence-electron chi connectivity index (χ0n) is 8.62. The standard InChI is InChI=1S/C6H13NO2.Mg.H3O4P/c1-3-4(2)5(7)6(8)9;;1-5(2,3)4/h4-5H,3,7H2,1-2H3,(H,8,9);;(H3,1,2,3,4)/q;+2;/p-2. The van der Waals surface area contributed by atoms with Gasteiger partial charge in [0.05, 0.1) is 7.82 Å². The molecule has 0 radical (unpaired) electrons. The second kappa shape index (κ2) is 9.53. The van der Waals surface area contributed by atoms with Gasteiger partial charge in [-0.15, -0.1) is 0 Å². The topological polar surface area (TPSA) is 147 Å². The maximum absolute atomic E-state index is 10.2. The molecule has 0 aromatic rings. The second-order valence-corrected chi connectivity index (χ2v) is 3.66. The summed E-state index contributed by atoms with van der Waals surface area (Å²) in [5.41, 5.74) is 5.27. The first-order valence-corrected chi connectivity index (χ1v) is 5.32.